The molecule has 0 saturated heterocycles. The Hall–Kier alpha value is -2.00. The van der Waals surface area contributed by atoms with E-state index in [0.29, 0.717) is 5.76 Å². The Morgan fingerprint density at radius 2 is 2.00 bits per heavy atom. The van der Waals surface area contributed by atoms with Gasteiger partial charge in [0.15, 0.2) is 0 Å². The second-order valence-electron chi connectivity index (χ2n) is 3.99. The first-order valence-electron chi connectivity index (χ1n) is 5.74. The average Bonchev–Trinajstić information content (AvgIpc) is 2.94. The van der Waals surface area contributed by atoms with Gasteiger partial charge in [-0.05, 0) is 29.8 Å². The Balaban J connectivity index is 2.24. The van der Waals surface area contributed by atoms with Crippen molar-refractivity contribution < 1.29 is 14.3 Å². The lowest BCUT2D eigenvalue weighted by Crippen LogP contribution is -2.07. The van der Waals surface area contributed by atoms with Gasteiger partial charge in [-0.2, -0.15) is 0 Å². The Labute approximate surface area is 106 Å². The van der Waals surface area contributed by atoms with Crippen LogP contribution in [0.25, 0.3) is 0 Å². The third-order valence-corrected chi connectivity index (χ3v) is 2.93. The fraction of sp³-hybridized carbons (Fsp3) is 0.200. The van der Waals surface area contributed by atoms with Crippen molar-refractivity contribution in [2.75, 3.05) is 7.11 Å². The standard InChI is InChI=1S/C15H16O3/c1-3-13(15(16)14-5-4-10-18-14)11-6-8-12(17-2)9-7-11/h3-10,13,15-16H,1H2,2H3/t13-,15+/m1/s1. The molecule has 1 N–H and O–H groups in total. The Morgan fingerprint density at radius 3 is 2.50 bits per heavy atom. The monoisotopic (exact) mass is 244 g/mol. The topological polar surface area (TPSA) is 42.6 Å². The summed E-state index contributed by atoms with van der Waals surface area (Å²) >= 11 is 0. The molecule has 18 heavy (non-hydrogen) atoms. The zero-order chi connectivity index (χ0) is 13.0. The van der Waals surface area contributed by atoms with Crippen molar-refractivity contribution >= 4 is 0 Å². The van der Waals surface area contributed by atoms with Crippen LogP contribution in [-0.2, 0) is 0 Å². The van der Waals surface area contributed by atoms with Crippen LogP contribution in [0.4, 0.5) is 0 Å². The molecular weight excluding hydrogens is 228 g/mol. The first-order chi connectivity index (χ1) is 8.76. The van der Waals surface area contributed by atoms with E-state index >= 15 is 0 Å². The molecule has 1 heterocycles. The first kappa shape index (κ1) is 12.5. The molecule has 0 aliphatic carbocycles. The van der Waals surface area contributed by atoms with Gasteiger partial charge in [-0.15, -0.1) is 6.58 Å². The van der Waals surface area contributed by atoms with Crippen molar-refractivity contribution in [1.29, 1.82) is 0 Å². The molecular formula is C15H16O3. The zero-order valence-corrected chi connectivity index (χ0v) is 10.2. The molecule has 3 nitrogen and oxygen atoms in total. The highest BCUT2D eigenvalue weighted by Gasteiger charge is 2.22. The minimum atomic E-state index is -0.731. The van der Waals surface area contributed by atoms with Gasteiger partial charge in [-0.3, -0.25) is 0 Å². The molecule has 0 aliphatic heterocycles. The lowest BCUT2D eigenvalue weighted by molar-refractivity contribution is 0.135. The maximum Gasteiger partial charge on any atom is 0.133 e. The molecule has 2 atom stereocenters. The third kappa shape index (κ3) is 2.46. The molecule has 1 aromatic carbocycles. The van der Waals surface area contributed by atoms with Gasteiger partial charge in [0.2, 0.25) is 0 Å². The van der Waals surface area contributed by atoms with Crippen LogP contribution in [0.15, 0.2) is 59.7 Å². The number of hydrogen-bond donors (Lipinski definition) is 1. The summed E-state index contributed by atoms with van der Waals surface area (Å²) < 4.78 is 10.3. The molecule has 2 rings (SSSR count). The van der Waals surface area contributed by atoms with Crippen LogP contribution >= 0.6 is 0 Å². The molecule has 0 spiro atoms. The van der Waals surface area contributed by atoms with Crippen molar-refractivity contribution in [2.45, 2.75) is 12.0 Å². The minimum Gasteiger partial charge on any atom is -0.497 e. The van der Waals surface area contributed by atoms with Gasteiger partial charge < -0.3 is 14.3 Å². The summed E-state index contributed by atoms with van der Waals surface area (Å²) in [7, 11) is 1.62. The Morgan fingerprint density at radius 1 is 1.28 bits per heavy atom. The van der Waals surface area contributed by atoms with Gasteiger partial charge in [-0.1, -0.05) is 18.2 Å². The van der Waals surface area contributed by atoms with E-state index in [-0.39, 0.29) is 5.92 Å². The molecule has 0 amide bonds. The van der Waals surface area contributed by atoms with E-state index in [1.54, 1.807) is 31.6 Å². The smallest absolute Gasteiger partial charge is 0.133 e. The summed E-state index contributed by atoms with van der Waals surface area (Å²) in [5, 5.41) is 10.3. The summed E-state index contributed by atoms with van der Waals surface area (Å²) in [6.07, 6.45) is 2.53. The van der Waals surface area contributed by atoms with Crippen LogP contribution in [-0.4, -0.2) is 12.2 Å². The van der Waals surface area contributed by atoms with Gasteiger partial charge in [0.05, 0.1) is 13.4 Å². The van der Waals surface area contributed by atoms with E-state index in [1.165, 1.54) is 0 Å². The second-order valence-corrected chi connectivity index (χ2v) is 3.99. The van der Waals surface area contributed by atoms with E-state index in [9.17, 15) is 5.11 Å². The molecule has 0 unspecified atom stereocenters. The summed E-state index contributed by atoms with van der Waals surface area (Å²) in [4.78, 5) is 0. The van der Waals surface area contributed by atoms with Gasteiger partial charge in [-0.25, -0.2) is 0 Å². The molecule has 1 aromatic heterocycles. The van der Waals surface area contributed by atoms with E-state index in [2.05, 4.69) is 6.58 Å². The Kier molecular flexibility index (Phi) is 3.85. The van der Waals surface area contributed by atoms with Crippen LogP contribution in [0.2, 0.25) is 0 Å². The summed E-state index contributed by atoms with van der Waals surface area (Å²) in [5.41, 5.74) is 0.967. The van der Waals surface area contributed by atoms with Crippen LogP contribution < -0.4 is 4.74 Å². The number of hydrogen-bond acceptors (Lipinski definition) is 3. The number of benzene rings is 1. The predicted molar refractivity (Wildman–Crippen MR) is 69.6 cm³/mol. The summed E-state index contributed by atoms with van der Waals surface area (Å²) in [6, 6.07) is 11.1. The molecule has 0 aliphatic rings. The lowest BCUT2D eigenvalue weighted by Gasteiger charge is -2.18. The molecule has 0 bridgehead atoms. The first-order valence-corrected chi connectivity index (χ1v) is 5.74. The highest BCUT2D eigenvalue weighted by Crippen LogP contribution is 2.32. The van der Waals surface area contributed by atoms with Crippen LogP contribution in [0.3, 0.4) is 0 Å². The minimum absolute atomic E-state index is 0.206. The number of ether oxygens (including phenoxy) is 1. The van der Waals surface area contributed by atoms with Gasteiger partial charge in [0.25, 0.3) is 0 Å². The SMILES string of the molecule is C=C[C@H](c1ccc(OC)cc1)[C@H](O)c1ccco1. The lowest BCUT2D eigenvalue weighted by atomic mass is 9.92. The van der Waals surface area contributed by atoms with E-state index in [1.807, 2.05) is 24.3 Å². The van der Waals surface area contributed by atoms with Crippen molar-refractivity contribution in [3.05, 3.63) is 66.6 Å². The third-order valence-electron chi connectivity index (χ3n) is 2.93. The molecule has 2 aromatic rings. The van der Waals surface area contributed by atoms with Crippen LogP contribution in [0.1, 0.15) is 23.3 Å². The highest BCUT2D eigenvalue weighted by atomic mass is 16.5. The largest absolute Gasteiger partial charge is 0.497 e. The van der Waals surface area contributed by atoms with Crippen molar-refractivity contribution in [2.24, 2.45) is 0 Å². The van der Waals surface area contributed by atoms with E-state index in [4.69, 9.17) is 9.15 Å². The van der Waals surface area contributed by atoms with E-state index in [0.717, 1.165) is 11.3 Å². The number of aliphatic hydroxyl groups excluding tert-OH is 1. The fourth-order valence-electron chi connectivity index (χ4n) is 1.91. The van der Waals surface area contributed by atoms with Crippen LogP contribution in [0.5, 0.6) is 5.75 Å². The molecule has 0 fully saturated rings. The average molecular weight is 244 g/mol. The zero-order valence-electron chi connectivity index (χ0n) is 10.2. The van der Waals surface area contributed by atoms with Gasteiger partial charge >= 0.3 is 0 Å². The van der Waals surface area contributed by atoms with Crippen molar-refractivity contribution in [3.8, 4) is 5.75 Å². The van der Waals surface area contributed by atoms with Gasteiger partial charge in [0.1, 0.15) is 17.6 Å². The summed E-state index contributed by atoms with van der Waals surface area (Å²) in [6.45, 7) is 3.78. The maximum absolute atomic E-state index is 10.3. The molecule has 94 valence electrons. The number of rotatable bonds is 5. The number of aliphatic hydroxyl groups is 1. The van der Waals surface area contributed by atoms with E-state index < -0.39 is 6.10 Å². The normalized spacial score (nSPS) is 13.9. The molecule has 0 radical (unpaired) electrons. The summed E-state index contributed by atoms with van der Waals surface area (Å²) in [5.74, 6) is 1.12. The molecule has 3 heteroatoms. The number of furan rings is 1. The number of methoxy groups -OCH3 is 1. The Bertz CT molecular complexity index is 485. The fourth-order valence-corrected chi connectivity index (χ4v) is 1.91. The quantitative estimate of drug-likeness (QED) is 0.821. The predicted octanol–water partition coefficient (Wildman–Crippen LogP) is 3.29. The van der Waals surface area contributed by atoms with Crippen molar-refractivity contribution in [3.63, 3.8) is 0 Å². The van der Waals surface area contributed by atoms with Gasteiger partial charge in [0, 0.05) is 5.92 Å². The second kappa shape index (κ2) is 5.56. The molecule has 0 saturated carbocycles. The van der Waals surface area contributed by atoms with Crippen LogP contribution in [0, 0.1) is 0 Å². The highest BCUT2D eigenvalue weighted by molar-refractivity contribution is 5.32. The van der Waals surface area contributed by atoms with Crippen molar-refractivity contribution in [1.82, 2.24) is 0 Å². The maximum atomic E-state index is 10.3.